The van der Waals surface area contributed by atoms with Gasteiger partial charge in [-0.25, -0.2) is 14.1 Å². The van der Waals surface area contributed by atoms with Gasteiger partial charge in [-0.05, 0) is 28.7 Å². The minimum Gasteiger partial charge on any atom is -0.288 e. The average Bonchev–Trinajstić information content (AvgIpc) is 3.08. The van der Waals surface area contributed by atoms with Gasteiger partial charge < -0.3 is 0 Å². The van der Waals surface area contributed by atoms with Crippen molar-refractivity contribution in [3.63, 3.8) is 0 Å². The smallest absolute Gasteiger partial charge is 0.277 e. The van der Waals surface area contributed by atoms with Crippen LogP contribution in [0.15, 0.2) is 36.8 Å². The van der Waals surface area contributed by atoms with Crippen LogP contribution >= 0.6 is 22.6 Å². The molecule has 0 aliphatic carbocycles. The zero-order valence-corrected chi connectivity index (χ0v) is 14.2. The lowest BCUT2D eigenvalue weighted by Crippen LogP contribution is -2.18. The molecule has 1 amide bonds. The van der Waals surface area contributed by atoms with Crippen molar-refractivity contribution in [3.05, 3.63) is 57.4 Å². The highest BCUT2D eigenvalue weighted by Gasteiger charge is 2.17. The van der Waals surface area contributed by atoms with E-state index in [0.29, 0.717) is 11.3 Å². The Morgan fingerprint density at radius 2 is 2.17 bits per heavy atom. The maximum atomic E-state index is 13.6. The van der Waals surface area contributed by atoms with Crippen molar-refractivity contribution in [2.45, 2.75) is 6.54 Å². The van der Waals surface area contributed by atoms with Gasteiger partial charge in [-0.1, -0.05) is 18.2 Å². The van der Waals surface area contributed by atoms with Crippen LogP contribution in [0, 0.1) is 9.39 Å². The average molecular weight is 426 g/mol. The minimum absolute atomic E-state index is 0.156. The van der Waals surface area contributed by atoms with Gasteiger partial charge >= 0.3 is 0 Å². The summed E-state index contributed by atoms with van der Waals surface area (Å²) in [6, 6.07) is 6.44. The number of aromatic nitrogens is 5. The van der Waals surface area contributed by atoms with E-state index in [2.05, 4.69) is 20.5 Å². The number of amides is 1. The minimum atomic E-state index is -0.349. The number of benzene rings is 1. The van der Waals surface area contributed by atoms with Crippen LogP contribution in [0.3, 0.4) is 0 Å². The maximum absolute atomic E-state index is 13.6. The lowest BCUT2D eigenvalue weighted by atomic mass is 10.2. The van der Waals surface area contributed by atoms with Crippen molar-refractivity contribution >= 4 is 34.4 Å². The van der Waals surface area contributed by atoms with Crippen LogP contribution in [-0.4, -0.2) is 30.5 Å². The second-order valence-corrected chi connectivity index (χ2v) is 5.94. The predicted molar refractivity (Wildman–Crippen MR) is 89.4 cm³/mol. The summed E-state index contributed by atoms with van der Waals surface area (Å²) in [5, 5.41) is 10.7. The largest absolute Gasteiger partial charge is 0.288 e. The van der Waals surface area contributed by atoms with Gasteiger partial charge in [-0.3, -0.25) is 14.8 Å². The molecule has 3 aromatic rings. The fourth-order valence-corrected chi connectivity index (χ4v) is 2.77. The molecule has 3 rings (SSSR count). The summed E-state index contributed by atoms with van der Waals surface area (Å²) in [5.41, 5.74) is 0.924. The predicted octanol–water partition coefficient (Wildman–Crippen LogP) is 2.06. The van der Waals surface area contributed by atoms with Crippen molar-refractivity contribution < 1.29 is 9.18 Å². The number of hydrogen-bond donors (Lipinski definition) is 1. The molecule has 0 aliphatic rings. The summed E-state index contributed by atoms with van der Waals surface area (Å²) in [6.07, 6.45) is 3.04. The topological polar surface area (TPSA) is 77.6 Å². The molecule has 1 N–H and O–H groups in total. The van der Waals surface area contributed by atoms with Gasteiger partial charge in [0.15, 0.2) is 0 Å². The highest BCUT2D eigenvalue weighted by molar-refractivity contribution is 14.1. The van der Waals surface area contributed by atoms with Gasteiger partial charge in [0, 0.05) is 12.6 Å². The lowest BCUT2D eigenvalue weighted by molar-refractivity contribution is 0.101. The van der Waals surface area contributed by atoms with Crippen molar-refractivity contribution in [2.75, 3.05) is 5.32 Å². The van der Waals surface area contributed by atoms with E-state index in [-0.39, 0.29) is 24.2 Å². The Kier molecular flexibility index (Phi) is 4.37. The van der Waals surface area contributed by atoms with E-state index in [0.717, 1.165) is 3.57 Å². The van der Waals surface area contributed by atoms with Gasteiger partial charge in [0.2, 0.25) is 5.95 Å². The van der Waals surface area contributed by atoms with E-state index in [1.807, 2.05) is 22.6 Å². The molecule has 23 heavy (non-hydrogen) atoms. The number of halogens is 2. The van der Waals surface area contributed by atoms with Gasteiger partial charge in [-0.2, -0.15) is 5.10 Å². The highest BCUT2D eigenvalue weighted by Crippen LogP contribution is 2.12. The first-order valence-corrected chi connectivity index (χ1v) is 7.74. The van der Waals surface area contributed by atoms with E-state index in [4.69, 9.17) is 0 Å². The molecule has 0 atom stereocenters. The normalized spacial score (nSPS) is 10.7. The number of carbonyl (C=O) groups excluding carboxylic acids is 1. The third-order valence-corrected chi connectivity index (χ3v) is 3.95. The van der Waals surface area contributed by atoms with E-state index in [9.17, 15) is 9.18 Å². The Morgan fingerprint density at radius 3 is 2.87 bits per heavy atom. The monoisotopic (exact) mass is 426 g/mol. The highest BCUT2D eigenvalue weighted by atomic mass is 127. The number of carbonyl (C=O) groups is 1. The third-order valence-electron chi connectivity index (χ3n) is 3.16. The maximum Gasteiger partial charge on any atom is 0.277 e. The van der Waals surface area contributed by atoms with Crippen molar-refractivity contribution in [2.24, 2.45) is 7.05 Å². The second-order valence-electron chi connectivity index (χ2n) is 4.78. The summed E-state index contributed by atoms with van der Waals surface area (Å²) in [5.74, 6) is -0.501. The van der Waals surface area contributed by atoms with Crippen molar-refractivity contribution in [3.8, 4) is 0 Å². The van der Waals surface area contributed by atoms with Crippen LogP contribution in [0.4, 0.5) is 10.3 Å². The zero-order chi connectivity index (χ0) is 16.4. The number of aryl methyl sites for hydroxylation is 1. The van der Waals surface area contributed by atoms with Crippen molar-refractivity contribution in [1.29, 1.82) is 0 Å². The van der Waals surface area contributed by atoms with E-state index in [1.165, 1.54) is 21.8 Å². The molecule has 1 aromatic carbocycles. The quantitative estimate of drug-likeness (QED) is 0.649. The molecule has 0 saturated heterocycles. The van der Waals surface area contributed by atoms with E-state index in [1.54, 1.807) is 31.4 Å². The number of hydrogen-bond acceptors (Lipinski definition) is 4. The molecule has 0 radical (unpaired) electrons. The fourth-order valence-electron chi connectivity index (χ4n) is 2.06. The zero-order valence-electron chi connectivity index (χ0n) is 12.1. The molecule has 2 aromatic heterocycles. The number of nitrogens with one attached hydrogen (secondary N) is 1. The Hall–Kier alpha value is -2.30. The van der Waals surface area contributed by atoms with Crippen LogP contribution < -0.4 is 5.32 Å². The molecule has 118 valence electrons. The Labute approximate surface area is 144 Å². The van der Waals surface area contributed by atoms with Crippen molar-refractivity contribution in [1.82, 2.24) is 24.5 Å². The molecular formula is C14H12FIN6O. The number of anilines is 1. The molecule has 0 aliphatic heterocycles. The molecule has 0 bridgehead atoms. The van der Waals surface area contributed by atoms with Gasteiger partial charge in [-0.15, -0.1) is 5.10 Å². The molecule has 0 unspecified atom stereocenters. The standard InChI is InChI=1S/C14H12FIN6O/c1-21-12(11(16)6-18-21)13(23)19-14-17-8-22(20-14)7-9-4-2-3-5-10(9)15/h2-6,8H,7H2,1H3,(H,19,20,23). The summed E-state index contributed by atoms with van der Waals surface area (Å²) < 4.78 is 17.3. The van der Waals surface area contributed by atoms with E-state index < -0.39 is 0 Å². The Bertz CT molecular complexity index is 839. The first kappa shape index (κ1) is 15.6. The number of nitrogens with zero attached hydrogens (tertiary/aromatic N) is 5. The number of rotatable bonds is 4. The first-order chi connectivity index (χ1) is 11.0. The molecule has 2 heterocycles. The molecular weight excluding hydrogens is 414 g/mol. The van der Waals surface area contributed by atoms with Crippen LogP contribution in [-0.2, 0) is 13.6 Å². The van der Waals surface area contributed by atoms with Crippen LogP contribution in [0.25, 0.3) is 0 Å². The van der Waals surface area contributed by atoms with E-state index >= 15 is 0 Å². The second kappa shape index (κ2) is 6.44. The van der Waals surface area contributed by atoms with Gasteiger partial charge in [0.25, 0.3) is 5.91 Å². The first-order valence-electron chi connectivity index (χ1n) is 6.66. The third kappa shape index (κ3) is 3.38. The molecule has 0 fully saturated rings. The summed E-state index contributed by atoms with van der Waals surface area (Å²) >= 11 is 2.03. The summed E-state index contributed by atoms with van der Waals surface area (Å²) in [6.45, 7) is 0.235. The fraction of sp³-hybridized carbons (Fsp3) is 0.143. The van der Waals surface area contributed by atoms with Crippen LogP contribution in [0.2, 0.25) is 0 Å². The Balaban J connectivity index is 1.73. The SMILES string of the molecule is Cn1ncc(I)c1C(=O)Nc1ncn(Cc2ccccc2F)n1. The lowest BCUT2D eigenvalue weighted by Gasteiger charge is -2.03. The summed E-state index contributed by atoms with van der Waals surface area (Å²) in [7, 11) is 1.68. The van der Waals surface area contributed by atoms with Crippen LogP contribution in [0.5, 0.6) is 0 Å². The molecule has 0 saturated carbocycles. The van der Waals surface area contributed by atoms with Gasteiger partial charge in [0.05, 0.1) is 16.3 Å². The molecule has 9 heteroatoms. The Morgan fingerprint density at radius 1 is 1.39 bits per heavy atom. The summed E-state index contributed by atoms with van der Waals surface area (Å²) in [4.78, 5) is 16.2. The molecule has 0 spiro atoms. The molecule has 7 nitrogen and oxygen atoms in total. The van der Waals surface area contributed by atoms with Gasteiger partial charge in [0.1, 0.15) is 17.8 Å². The van der Waals surface area contributed by atoms with Crippen LogP contribution in [0.1, 0.15) is 16.1 Å².